The molecule has 1 unspecified atom stereocenters. The summed E-state index contributed by atoms with van der Waals surface area (Å²) in [6.45, 7) is 0.783. The number of rotatable bonds is 2. The number of benzene rings is 1. The smallest absolute Gasteiger partial charge is 0.287 e. The van der Waals surface area contributed by atoms with Gasteiger partial charge in [0.25, 0.3) is 5.95 Å². The zero-order valence-electron chi connectivity index (χ0n) is 9.02. The summed E-state index contributed by atoms with van der Waals surface area (Å²) in [5.74, 6) is 0.549. The number of hydrogen-bond acceptors (Lipinski definition) is 3. The Morgan fingerprint density at radius 1 is 1.19 bits per heavy atom. The van der Waals surface area contributed by atoms with E-state index in [0.717, 1.165) is 36.8 Å². The monoisotopic (exact) mass is 218 g/mol. The van der Waals surface area contributed by atoms with E-state index in [1.807, 2.05) is 30.3 Å². The van der Waals surface area contributed by atoms with Crippen molar-refractivity contribution in [3.05, 3.63) is 30.3 Å². The Bertz CT molecular complexity index is 436. The molecule has 1 aliphatic rings. The van der Waals surface area contributed by atoms with Crippen molar-refractivity contribution in [1.29, 1.82) is 0 Å². The molecule has 84 valence electrons. The van der Waals surface area contributed by atoms with Crippen molar-refractivity contribution in [2.24, 2.45) is 0 Å². The molecule has 0 spiro atoms. The van der Waals surface area contributed by atoms with Crippen molar-refractivity contribution in [2.45, 2.75) is 25.6 Å². The minimum absolute atomic E-state index is 0.144. The summed E-state index contributed by atoms with van der Waals surface area (Å²) in [7, 11) is 0. The fourth-order valence-electron chi connectivity index (χ4n) is 1.95. The van der Waals surface area contributed by atoms with Gasteiger partial charge in [0.1, 0.15) is 5.58 Å². The largest absolute Gasteiger partial charge is 0.435 e. The molecule has 0 bridgehead atoms. The Balaban J connectivity index is 1.78. The summed E-state index contributed by atoms with van der Waals surface area (Å²) in [4.78, 5) is 0. The lowest BCUT2D eigenvalue weighted by atomic mass is 10.2. The molecular weight excluding hydrogens is 204 g/mol. The highest BCUT2D eigenvalue weighted by molar-refractivity contribution is 5.78. The van der Waals surface area contributed by atoms with Crippen molar-refractivity contribution in [3.63, 3.8) is 0 Å². The molecule has 1 fully saturated rings. The van der Waals surface area contributed by atoms with E-state index in [-0.39, 0.29) is 6.29 Å². The molecule has 1 aromatic carbocycles. The van der Waals surface area contributed by atoms with Gasteiger partial charge < -0.3 is 13.9 Å². The first kappa shape index (κ1) is 9.73. The Morgan fingerprint density at radius 2 is 2.12 bits per heavy atom. The maximum absolute atomic E-state index is 5.65. The molecule has 1 aliphatic heterocycles. The fraction of sp³-hybridized carbons (Fsp3) is 0.385. The number of ether oxygens (including phenoxy) is 2. The minimum atomic E-state index is -0.144. The highest BCUT2D eigenvalue weighted by Crippen LogP contribution is 2.26. The van der Waals surface area contributed by atoms with Crippen molar-refractivity contribution < 1.29 is 13.9 Å². The first-order valence-corrected chi connectivity index (χ1v) is 5.69. The minimum Gasteiger partial charge on any atom is -0.435 e. The van der Waals surface area contributed by atoms with Crippen LogP contribution in [-0.2, 0) is 4.74 Å². The first-order valence-electron chi connectivity index (χ1n) is 5.69. The molecule has 3 heteroatoms. The molecule has 2 aromatic rings. The van der Waals surface area contributed by atoms with Gasteiger partial charge in [0.15, 0.2) is 0 Å². The Kier molecular flexibility index (Phi) is 2.54. The summed E-state index contributed by atoms with van der Waals surface area (Å²) >= 11 is 0. The second-order valence-corrected chi connectivity index (χ2v) is 4.02. The number of para-hydroxylation sites is 1. The zero-order valence-corrected chi connectivity index (χ0v) is 9.02. The van der Waals surface area contributed by atoms with E-state index >= 15 is 0 Å². The van der Waals surface area contributed by atoms with E-state index in [1.54, 1.807) is 0 Å². The molecule has 0 N–H and O–H groups in total. The molecule has 0 radical (unpaired) electrons. The third-order valence-electron chi connectivity index (χ3n) is 2.79. The van der Waals surface area contributed by atoms with Gasteiger partial charge in [0.2, 0.25) is 6.29 Å². The van der Waals surface area contributed by atoms with Gasteiger partial charge in [0.05, 0.1) is 6.61 Å². The summed E-state index contributed by atoms with van der Waals surface area (Å²) in [6.07, 6.45) is 3.08. The highest BCUT2D eigenvalue weighted by atomic mass is 16.7. The lowest BCUT2D eigenvalue weighted by Gasteiger charge is -2.21. The molecule has 1 saturated heterocycles. The number of hydrogen-bond donors (Lipinski definition) is 0. The molecule has 0 aliphatic carbocycles. The van der Waals surface area contributed by atoms with E-state index in [0.29, 0.717) is 5.95 Å². The summed E-state index contributed by atoms with van der Waals surface area (Å²) in [6, 6.07) is 9.79. The maximum atomic E-state index is 5.65. The van der Waals surface area contributed by atoms with E-state index < -0.39 is 0 Å². The second-order valence-electron chi connectivity index (χ2n) is 4.02. The Morgan fingerprint density at radius 3 is 2.94 bits per heavy atom. The summed E-state index contributed by atoms with van der Waals surface area (Å²) in [5, 5.41) is 1.06. The predicted octanol–water partition coefficient (Wildman–Crippen LogP) is 3.34. The maximum Gasteiger partial charge on any atom is 0.287 e. The number of furan rings is 1. The van der Waals surface area contributed by atoms with Crippen molar-refractivity contribution >= 4 is 11.0 Å². The van der Waals surface area contributed by atoms with Crippen molar-refractivity contribution in [3.8, 4) is 5.95 Å². The SMILES string of the molecule is c1ccc2oc(OC3CCCCO3)cc2c1. The second kappa shape index (κ2) is 4.18. The van der Waals surface area contributed by atoms with Gasteiger partial charge in [-0.3, -0.25) is 0 Å². The molecule has 3 rings (SSSR count). The van der Waals surface area contributed by atoms with E-state index in [2.05, 4.69) is 0 Å². The molecular formula is C13H14O3. The van der Waals surface area contributed by atoms with Crippen molar-refractivity contribution in [1.82, 2.24) is 0 Å². The normalized spacial score (nSPS) is 21.1. The third-order valence-corrected chi connectivity index (χ3v) is 2.79. The molecule has 2 heterocycles. The van der Waals surface area contributed by atoms with Crippen LogP contribution in [0.2, 0.25) is 0 Å². The number of fused-ring (bicyclic) bond motifs is 1. The average molecular weight is 218 g/mol. The Labute approximate surface area is 94.0 Å². The van der Waals surface area contributed by atoms with Crippen LogP contribution >= 0.6 is 0 Å². The standard InChI is InChI=1S/C13H14O3/c1-2-6-11-10(5-1)9-13(15-11)16-12-7-3-4-8-14-12/h1-2,5-6,9,12H,3-4,7-8H2. The molecule has 3 nitrogen and oxygen atoms in total. The van der Waals surface area contributed by atoms with Crippen LogP contribution in [0.3, 0.4) is 0 Å². The van der Waals surface area contributed by atoms with Gasteiger partial charge in [-0.15, -0.1) is 0 Å². The van der Waals surface area contributed by atoms with Gasteiger partial charge in [-0.1, -0.05) is 18.2 Å². The quantitative estimate of drug-likeness (QED) is 0.774. The first-order chi connectivity index (χ1) is 7.92. The molecule has 1 atom stereocenters. The fourth-order valence-corrected chi connectivity index (χ4v) is 1.95. The van der Waals surface area contributed by atoms with Crippen LogP contribution in [0.15, 0.2) is 34.7 Å². The summed E-state index contributed by atoms with van der Waals surface area (Å²) in [5.41, 5.74) is 0.855. The van der Waals surface area contributed by atoms with Crippen LogP contribution in [0.25, 0.3) is 11.0 Å². The topological polar surface area (TPSA) is 31.6 Å². The summed E-state index contributed by atoms with van der Waals surface area (Å²) < 4.78 is 16.7. The molecule has 0 amide bonds. The zero-order chi connectivity index (χ0) is 10.8. The van der Waals surface area contributed by atoms with Gasteiger partial charge in [-0.25, -0.2) is 0 Å². The lowest BCUT2D eigenvalue weighted by Crippen LogP contribution is -2.24. The van der Waals surface area contributed by atoms with E-state index in [1.165, 1.54) is 0 Å². The van der Waals surface area contributed by atoms with Crippen LogP contribution < -0.4 is 4.74 Å². The van der Waals surface area contributed by atoms with Gasteiger partial charge in [-0.05, 0) is 18.9 Å². The van der Waals surface area contributed by atoms with Crippen LogP contribution in [0.1, 0.15) is 19.3 Å². The third kappa shape index (κ3) is 1.91. The lowest BCUT2D eigenvalue weighted by molar-refractivity contribution is -0.114. The Hall–Kier alpha value is -1.48. The van der Waals surface area contributed by atoms with Crippen LogP contribution in [0.4, 0.5) is 0 Å². The highest BCUT2D eigenvalue weighted by Gasteiger charge is 2.17. The molecule has 16 heavy (non-hydrogen) atoms. The van der Waals surface area contributed by atoms with Gasteiger partial charge in [0, 0.05) is 17.9 Å². The molecule has 1 aromatic heterocycles. The van der Waals surface area contributed by atoms with E-state index in [4.69, 9.17) is 13.9 Å². The molecule has 0 saturated carbocycles. The van der Waals surface area contributed by atoms with E-state index in [9.17, 15) is 0 Å². The van der Waals surface area contributed by atoms with Crippen LogP contribution in [0, 0.1) is 0 Å². The van der Waals surface area contributed by atoms with Crippen LogP contribution in [0.5, 0.6) is 5.95 Å². The predicted molar refractivity (Wildman–Crippen MR) is 60.4 cm³/mol. The van der Waals surface area contributed by atoms with Gasteiger partial charge >= 0.3 is 0 Å². The van der Waals surface area contributed by atoms with Crippen molar-refractivity contribution in [2.75, 3.05) is 6.61 Å². The van der Waals surface area contributed by atoms with Gasteiger partial charge in [-0.2, -0.15) is 0 Å². The van der Waals surface area contributed by atoms with Crippen LogP contribution in [-0.4, -0.2) is 12.9 Å². The average Bonchev–Trinajstić information content (AvgIpc) is 2.72.